The van der Waals surface area contributed by atoms with E-state index in [1.807, 2.05) is 30.3 Å². The lowest BCUT2D eigenvalue weighted by molar-refractivity contribution is 0.0857. The third-order valence-corrected chi connectivity index (χ3v) is 4.52. The van der Waals surface area contributed by atoms with Crippen LogP contribution < -0.4 is 5.32 Å². The molecule has 1 aliphatic rings. The molecule has 0 bridgehead atoms. The summed E-state index contributed by atoms with van der Waals surface area (Å²) in [6, 6.07) is 9.47. The first-order valence-electron chi connectivity index (χ1n) is 6.57. The fourth-order valence-electron chi connectivity index (χ4n) is 2.11. The van der Waals surface area contributed by atoms with E-state index in [1.54, 1.807) is 0 Å². The number of halogens is 1. The topological polar surface area (TPSA) is 67.9 Å². The van der Waals surface area contributed by atoms with E-state index in [9.17, 15) is 9.59 Å². The summed E-state index contributed by atoms with van der Waals surface area (Å²) >= 11 is 2.21. The molecule has 1 saturated heterocycles. The molecule has 2 atom stereocenters. The van der Waals surface area contributed by atoms with E-state index in [4.69, 9.17) is 4.74 Å². The van der Waals surface area contributed by atoms with Gasteiger partial charge in [0.15, 0.2) is 0 Å². The number of benzene rings is 1. The van der Waals surface area contributed by atoms with Gasteiger partial charge in [0, 0.05) is 6.54 Å². The van der Waals surface area contributed by atoms with Crippen molar-refractivity contribution in [3.05, 3.63) is 35.9 Å². The molecule has 1 heterocycles. The first-order valence-corrected chi connectivity index (χ1v) is 7.82. The third kappa shape index (κ3) is 4.23. The lowest BCUT2D eigenvalue weighted by Gasteiger charge is -2.25. The van der Waals surface area contributed by atoms with Gasteiger partial charge >= 0.3 is 12.2 Å². The minimum absolute atomic E-state index is 0.131. The predicted molar refractivity (Wildman–Crippen MR) is 85.1 cm³/mol. The van der Waals surface area contributed by atoms with Crippen LogP contribution in [0.2, 0.25) is 0 Å². The van der Waals surface area contributed by atoms with Gasteiger partial charge in [-0.15, -0.1) is 0 Å². The number of carbonyl (C=O) groups is 2. The van der Waals surface area contributed by atoms with E-state index in [2.05, 4.69) is 32.6 Å². The summed E-state index contributed by atoms with van der Waals surface area (Å²) in [5.41, 5.74) is 0.925. The van der Waals surface area contributed by atoms with Crippen molar-refractivity contribution in [3.8, 4) is 0 Å². The van der Waals surface area contributed by atoms with Gasteiger partial charge in [0.2, 0.25) is 0 Å². The lowest BCUT2D eigenvalue weighted by atomic mass is 10.2. The smallest absolute Gasteiger partial charge is 0.411 e. The van der Waals surface area contributed by atoms with Crippen molar-refractivity contribution in [1.82, 2.24) is 10.2 Å². The molecule has 2 unspecified atom stereocenters. The number of hydrogen-bond donors (Lipinski definition) is 1. The SMILES string of the molecule is COC(=O)NC1C(I)CCN1C(=O)OCc1ccccc1. The summed E-state index contributed by atoms with van der Waals surface area (Å²) in [4.78, 5) is 25.0. The lowest BCUT2D eigenvalue weighted by Crippen LogP contribution is -2.50. The Morgan fingerprint density at radius 3 is 2.76 bits per heavy atom. The summed E-state index contributed by atoms with van der Waals surface area (Å²) in [5, 5.41) is 2.66. The minimum atomic E-state index is -0.551. The quantitative estimate of drug-likeness (QED) is 0.621. The van der Waals surface area contributed by atoms with Crippen LogP contribution in [0.25, 0.3) is 0 Å². The van der Waals surface area contributed by atoms with Gasteiger partial charge in [0.25, 0.3) is 0 Å². The molecule has 0 aliphatic carbocycles. The van der Waals surface area contributed by atoms with Crippen LogP contribution in [0.1, 0.15) is 12.0 Å². The second kappa shape index (κ2) is 7.48. The van der Waals surface area contributed by atoms with Crippen LogP contribution in [-0.2, 0) is 16.1 Å². The van der Waals surface area contributed by atoms with Gasteiger partial charge in [-0.25, -0.2) is 9.59 Å². The third-order valence-electron chi connectivity index (χ3n) is 3.21. The van der Waals surface area contributed by atoms with Gasteiger partial charge in [-0.2, -0.15) is 0 Å². The molecule has 1 aromatic carbocycles. The van der Waals surface area contributed by atoms with E-state index in [0.29, 0.717) is 6.54 Å². The number of amides is 2. The Morgan fingerprint density at radius 1 is 1.38 bits per heavy atom. The highest BCUT2D eigenvalue weighted by atomic mass is 127. The molecule has 2 amide bonds. The van der Waals surface area contributed by atoms with Gasteiger partial charge in [0.1, 0.15) is 12.8 Å². The number of ether oxygens (including phenoxy) is 2. The van der Waals surface area contributed by atoms with E-state index in [1.165, 1.54) is 12.0 Å². The second-order valence-electron chi connectivity index (χ2n) is 4.62. The summed E-state index contributed by atoms with van der Waals surface area (Å²) in [6.07, 6.45) is -0.583. The second-order valence-corrected chi connectivity index (χ2v) is 6.22. The zero-order valence-electron chi connectivity index (χ0n) is 11.6. The Kier molecular flexibility index (Phi) is 5.66. The number of hydrogen-bond acceptors (Lipinski definition) is 4. The number of carbonyl (C=O) groups excluding carboxylic acids is 2. The largest absolute Gasteiger partial charge is 0.453 e. The molecule has 0 aromatic heterocycles. The fraction of sp³-hybridized carbons (Fsp3) is 0.429. The molecule has 0 saturated carbocycles. The van der Waals surface area contributed by atoms with Crippen molar-refractivity contribution in [2.24, 2.45) is 0 Å². The van der Waals surface area contributed by atoms with Crippen LogP contribution in [0.5, 0.6) is 0 Å². The first-order chi connectivity index (χ1) is 10.1. The van der Waals surface area contributed by atoms with Crippen molar-refractivity contribution in [3.63, 3.8) is 0 Å². The van der Waals surface area contributed by atoms with Crippen molar-refractivity contribution < 1.29 is 19.1 Å². The van der Waals surface area contributed by atoms with Gasteiger partial charge in [-0.3, -0.25) is 10.2 Å². The monoisotopic (exact) mass is 404 g/mol. The molecule has 6 nitrogen and oxygen atoms in total. The molecule has 0 radical (unpaired) electrons. The average Bonchev–Trinajstić information content (AvgIpc) is 2.87. The maximum atomic E-state index is 12.2. The summed E-state index contributed by atoms with van der Waals surface area (Å²) in [7, 11) is 1.30. The highest BCUT2D eigenvalue weighted by Crippen LogP contribution is 2.24. The van der Waals surface area contributed by atoms with Crippen molar-refractivity contribution in [1.29, 1.82) is 0 Å². The van der Waals surface area contributed by atoms with E-state index < -0.39 is 18.4 Å². The van der Waals surface area contributed by atoms with Crippen molar-refractivity contribution >= 4 is 34.8 Å². The van der Waals surface area contributed by atoms with Gasteiger partial charge in [0.05, 0.1) is 11.0 Å². The van der Waals surface area contributed by atoms with Crippen LogP contribution >= 0.6 is 22.6 Å². The zero-order valence-corrected chi connectivity index (χ0v) is 13.8. The molecule has 1 aromatic rings. The molecule has 1 fully saturated rings. The predicted octanol–water partition coefficient (Wildman–Crippen LogP) is 2.51. The Bertz CT molecular complexity index is 497. The van der Waals surface area contributed by atoms with Crippen LogP contribution in [-0.4, -0.2) is 40.8 Å². The fourth-order valence-corrected chi connectivity index (χ4v) is 2.96. The Hall–Kier alpha value is -1.51. The van der Waals surface area contributed by atoms with Crippen LogP contribution in [0.3, 0.4) is 0 Å². The number of rotatable bonds is 3. The number of alkyl halides is 1. The number of alkyl carbamates (subject to hydrolysis) is 1. The Morgan fingerprint density at radius 2 is 2.10 bits per heavy atom. The first kappa shape index (κ1) is 15.9. The highest BCUT2D eigenvalue weighted by Gasteiger charge is 2.37. The molecule has 1 aliphatic heterocycles. The molecule has 0 spiro atoms. The van der Waals surface area contributed by atoms with E-state index >= 15 is 0 Å². The Labute approximate surface area is 136 Å². The molecule has 2 rings (SSSR count). The van der Waals surface area contributed by atoms with Crippen molar-refractivity contribution in [2.45, 2.75) is 23.1 Å². The number of methoxy groups -OCH3 is 1. The highest BCUT2D eigenvalue weighted by molar-refractivity contribution is 14.1. The molecule has 21 heavy (non-hydrogen) atoms. The number of likely N-dealkylation sites (tertiary alicyclic amines) is 1. The van der Waals surface area contributed by atoms with Gasteiger partial charge < -0.3 is 9.47 Å². The maximum absolute atomic E-state index is 12.2. The van der Waals surface area contributed by atoms with Crippen LogP contribution in [0.15, 0.2) is 30.3 Å². The van der Waals surface area contributed by atoms with Crippen molar-refractivity contribution in [2.75, 3.05) is 13.7 Å². The van der Waals surface area contributed by atoms with Gasteiger partial charge in [-0.05, 0) is 12.0 Å². The molecular formula is C14H17IN2O4. The maximum Gasteiger partial charge on any atom is 0.411 e. The minimum Gasteiger partial charge on any atom is -0.453 e. The Balaban J connectivity index is 1.92. The molecule has 7 heteroatoms. The van der Waals surface area contributed by atoms with E-state index in [0.717, 1.165) is 12.0 Å². The number of nitrogens with one attached hydrogen (secondary N) is 1. The average molecular weight is 404 g/mol. The number of nitrogens with zero attached hydrogens (tertiary/aromatic N) is 1. The zero-order chi connectivity index (χ0) is 15.2. The summed E-state index contributed by atoms with van der Waals surface area (Å²) in [5.74, 6) is 0. The molecular weight excluding hydrogens is 387 g/mol. The normalized spacial score (nSPS) is 21.0. The summed E-state index contributed by atoms with van der Waals surface area (Å²) < 4.78 is 10.0. The molecule has 114 valence electrons. The van der Waals surface area contributed by atoms with Crippen LogP contribution in [0, 0.1) is 0 Å². The summed E-state index contributed by atoms with van der Waals surface area (Å²) in [6.45, 7) is 0.767. The van der Waals surface area contributed by atoms with Crippen LogP contribution in [0.4, 0.5) is 9.59 Å². The molecule has 1 N–H and O–H groups in total. The van der Waals surface area contributed by atoms with Gasteiger partial charge in [-0.1, -0.05) is 52.9 Å². The standard InChI is InChI=1S/C14H17IN2O4/c1-20-13(18)16-12-11(15)7-8-17(12)14(19)21-9-10-5-3-2-4-6-10/h2-6,11-12H,7-9H2,1H3,(H,16,18). The van der Waals surface area contributed by atoms with E-state index in [-0.39, 0.29) is 10.5 Å².